The van der Waals surface area contributed by atoms with Gasteiger partial charge < -0.3 is 4.90 Å². The Labute approximate surface area is 104 Å². The molecule has 16 heavy (non-hydrogen) atoms. The van der Waals surface area contributed by atoms with Crippen molar-refractivity contribution < 1.29 is 0 Å². The molecule has 3 N–H and O–H groups in total. The maximum Gasteiger partial charge on any atom is 0.239 e. The molecule has 0 saturated carbocycles. The van der Waals surface area contributed by atoms with Crippen LogP contribution in [0.1, 0.15) is 20.3 Å². The number of nitrogen functional groups attached to an aromatic ring is 1. The Hall–Kier alpha value is -0.880. The largest absolute Gasteiger partial charge is 0.353 e. The average molecular weight is 286 g/mol. The number of nitrogens with one attached hydrogen (secondary N) is 1. The minimum absolute atomic E-state index is 0.449. The molecule has 88 valence electrons. The average Bonchev–Trinajstić information content (AvgIpc) is 2.58. The van der Waals surface area contributed by atoms with Crippen molar-refractivity contribution >= 4 is 27.7 Å². The van der Waals surface area contributed by atoms with Crippen molar-refractivity contribution in [1.29, 1.82) is 0 Å². The molecule has 1 aromatic heterocycles. The Kier molecular flexibility index (Phi) is 3.30. The van der Waals surface area contributed by atoms with Gasteiger partial charge in [0.05, 0.1) is 4.47 Å². The van der Waals surface area contributed by atoms with Gasteiger partial charge in [-0.1, -0.05) is 6.92 Å². The van der Waals surface area contributed by atoms with Gasteiger partial charge in [0.25, 0.3) is 0 Å². The van der Waals surface area contributed by atoms with Crippen molar-refractivity contribution in [2.75, 3.05) is 16.9 Å². The minimum Gasteiger partial charge on any atom is -0.353 e. The summed E-state index contributed by atoms with van der Waals surface area (Å²) in [6.07, 6.45) is 2.93. The Morgan fingerprint density at radius 1 is 1.56 bits per heavy atom. The van der Waals surface area contributed by atoms with Gasteiger partial charge in [-0.2, -0.15) is 4.98 Å². The van der Waals surface area contributed by atoms with Crippen LogP contribution in [0.4, 0.5) is 11.8 Å². The van der Waals surface area contributed by atoms with E-state index >= 15 is 0 Å². The molecule has 2 atom stereocenters. The molecule has 0 bridgehead atoms. The second kappa shape index (κ2) is 4.55. The van der Waals surface area contributed by atoms with Gasteiger partial charge in [0, 0.05) is 18.8 Å². The number of hydrogen-bond acceptors (Lipinski definition) is 5. The van der Waals surface area contributed by atoms with Crippen LogP contribution in [0.2, 0.25) is 0 Å². The summed E-state index contributed by atoms with van der Waals surface area (Å²) in [6, 6.07) is 0.506. The number of nitrogens with zero attached hydrogens (tertiary/aromatic N) is 3. The van der Waals surface area contributed by atoms with Crippen molar-refractivity contribution in [3.63, 3.8) is 0 Å². The zero-order chi connectivity index (χ0) is 11.7. The van der Waals surface area contributed by atoms with Gasteiger partial charge in [-0.3, -0.25) is 5.43 Å². The van der Waals surface area contributed by atoms with Gasteiger partial charge in [-0.05, 0) is 35.2 Å². The highest BCUT2D eigenvalue weighted by Crippen LogP contribution is 2.32. The van der Waals surface area contributed by atoms with E-state index in [4.69, 9.17) is 5.84 Å². The van der Waals surface area contributed by atoms with Crippen LogP contribution in [0.25, 0.3) is 0 Å². The lowest BCUT2D eigenvalue weighted by Gasteiger charge is -2.23. The zero-order valence-electron chi connectivity index (χ0n) is 9.44. The topological polar surface area (TPSA) is 67.1 Å². The number of nitrogens with two attached hydrogens (primary N) is 1. The Morgan fingerprint density at radius 3 is 2.88 bits per heavy atom. The van der Waals surface area contributed by atoms with Crippen LogP contribution in [0.5, 0.6) is 0 Å². The van der Waals surface area contributed by atoms with E-state index in [1.807, 2.05) is 0 Å². The summed E-state index contributed by atoms with van der Waals surface area (Å²) in [4.78, 5) is 10.7. The van der Waals surface area contributed by atoms with E-state index < -0.39 is 0 Å². The maximum atomic E-state index is 5.32. The van der Waals surface area contributed by atoms with Crippen molar-refractivity contribution in [2.24, 2.45) is 11.8 Å². The first kappa shape index (κ1) is 11.6. The van der Waals surface area contributed by atoms with Crippen molar-refractivity contribution in [3.05, 3.63) is 10.7 Å². The molecule has 0 aromatic carbocycles. The Bertz CT molecular complexity index is 383. The van der Waals surface area contributed by atoms with Gasteiger partial charge in [0.2, 0.25) is 5.95 Å². The number of anilines is 2. The number of hydrazine groups is 1. The SMILES string of the molecule is CC1CC(C)N(c2nc(NN)ncc2Br)C1. The second-order valence-corrected chi connectivity index (χ2v) is 5.21. The van der Waals surface area contributed by atoms with Gasteiger partial charge in [-0.15, -0.1) is 0 Å². The van der Waals surface area contributed by atoms with Crippen LogP contribution in [-0.2, 0) is 0 Å². The molecule has 1 aromatic rings. The fourth-order valence-electron chi connectivity index (χ4n) is 2.22. The molecular weight excluding hydrogens is 270 g/mol. The van der Waals surface area contributed by atoms with Crippen LogP contribution in [0.3, 0.4) is 0 Å². The summed E-state index contributed by atoms with van der Waals surface area (Å²) in [5.74, 6) is 7.39. The summed E-state index contributed by atoms with van der Waals surface area (Å²) in [5, 5.41) is 0. The van der Waals surface area contributed by atoms with E-state index in [9.17, 15) is 0 Å². The Balaban J connectivity index is 2.32. The van der Waals surface area contributed by atoms with Crippen LogP contribution < -0.4 is 16.2 Å². The van der Waals surface area contributed by atoms with Gasteiger partial charge in [-0.25, -0.2) is 10.8 Å². The van der Waals surface area contributed by atoms with Gasteiger partial charge in [0.15, 0.2) is 0 Å². The van der Waals surface area contributed by atoms with Crippen molar-refractivity contribution in [1.82, 2.24) is 9.97 Å². The summed E-state index contributed by atoms with van der Waals surface area (Å²) in [7, 11) is 0. The van der Waals surface area contributed by atoms with Crippen LogP contribution in [0, 0.1) is 5.92 Å². The monoisotopic (exact) mass is 285 g/mol. The van der Waals surface area contributed by atoms with Crippen molar-refractivity contribution in [2.45, 2.75) is 26.3 Å². The van der Waals surface area contributed by atoms with Crippen LogP contribution in [-0.4, -0.2) is 22.6 Å². The molecule has 0 aliphatic carbocycles. The summed E-state index contributed by atoms with van der Waals surface area (Å²) in [6.45, 7) is 5.50. The zero-order valence-corrected chi connectivity index (χ0v) is 11.0. The third-order valence-corrected chi connectivity index (χ3v) is 3.47. The van der Waals surface area contributed by atoms with E-state index in [1.165, 1.54) is 6.42 Å². The molecule has 0 spiro atoms. The Morgan fingerprint density at radius 2 is 2.31 bits per heavy atom. The second-order valence-electron chi connectivity index (χ2n) is 4.35. The molecule has 1 aliphatic rings. The number of hydrogen-bond donors (Lipinski definition) is 2. The maximum absolute atomic E-state index is 5.32. The first-order valence-corrected chi connectivity index (χ1v) is 6.17. The minimum atomic E-state index is 0.449. The molecule has 0 amide bonds. The molecule has 5 nitrogen and oxygen atoms in total. The van der Waals surface area contributed by atoms with E-state index in [1.54, 1.807) is 6.20 Å². The van der Waals surface area contributed by atoms with Crippen LogP contribution >= 0.6 is 15.9 Å². The fraction of sp³-hybridized carbons (Fsp3) is 0.600. The van der Waals surface area contributed by atoms with E-state index in [0.29, 0.717) is 17.9 Å². The van der Waals surface area contributed by atoms with Crippen molar-refractivity contribution in [3.8, 4) is 0 Å². The third-order valence-electron chi connectivity index (χ3n) is 2.91. The summed E-state index contributed by atoms with van der Waals surface area (Å²) >= 11 is 3.48. The van der Waals surface area contributed by atoms with Gasteiger partial charge >= 0.3 is 0 Å². The summed E-state index contributed by atoms with van der Waals surface area (Å²) in [5.41, 5.74) is 2.47. The molecular formula is C10H16BrN5. The van der Waals surface area contributed by atoms with E-state index in [0.717, 1.165) is 16.8 Å². The lowest BCUT2D eigenvalue weighted by molar-refractivity contribution is 0.625. The standard InChI is InChI=1S/C10H16BrN5/c1-6-3-7(2)16(5-6)9-8(11)4-13-10(14-9)15-12/h4,6-7H,3,5,12H2,1-2H3,(H,13,14,15). The molecule has 1 fully saturated rings. The molecule has 2 unspecified atom stereocenters. The number of rotatable bonds is 2. The predicted octanol–water partition coefficient (Wildman–Crippen LogP) is 1.76. The third kappa shape index (κ3) is 2.12. The quantitative estimate of drug-likeness (QED) is 0.640. The summed E-state index contributed by atoms with van der Waals surface area (Å²) < 4.78 is 0.910. The van der Waals surface area contributed by atoms with E-state index in [-0.39, 0.29) is 0 Å². The first-order valence-electron chi connectivity index (χ1n) is 5.37. The molecule has 2 rings (SSSR count). The number of halogens is 1. The fourth-order valence-corrected chi connectivity index (χ4v) is 2.64. The highest BCUT2D eigenvalue weighted by Gasteiger charge is 2.28. The molecule has 1 saturated heterocycles. The smallest absolute Gasteiger partial charge is 0.239 e. The van der Waals surface area contributed by atoms with Crippen LogP contribution in [0.15, 0.2) is 10.7 Å². The predicted molar refractivity (Wildman–Crippen MR) is 68.1 cm³/mol. The molecule has 0 radical (unpaired) electrons. The highest BCUT2D eigenvalue weighted by atomic mass is 79.9. The van der Waals surface area contributed by atoms with Gasteiger partial charge in [0.1, 0.15) is 5.82 Å². The highest BCUT2D eigenvalue weighted by molar-refractivity contribution is 9.10. The molecule has 1 aliphatic heterocycles. The van der Waals surface area contributed by atoms with E-state index in [2.05, 4.69) is 50.1 Å². The molecule has 2 heterocycles. The lowest BCUT2D eigenvalue weighted by Crippen LogP contribution is -2.28. The lowest BCUT2D eigenvalue weighted by atomic mass is 10.1. The number of aromatic nitrogens is 2. The normalized spacial score (nSPS) is 24.9. The molecule has 6 heteroatoms. The first-order chi connectivity index (χ1) is 7.61.